The number of anilines is 1. The summed E-state index contributed by atoms with van der Waals surface area (Å²) in [5, 5.41) is 7.28. The second-order valence-corrected chi connectivity index (χ2v) is 7.31. The SMILES string of the molecule is CCOc1ccc(-c2ccc(=O)n(CCCC(=O)Nc3ccc(Br)cc3)n2)cc1. The van der Waals surface area contributed by atoms with E-state index >= 15 is 0 Å². The lowest BCUT2D eigenvalue weighted by atomic mass is 10.1. The van der Waals surface area contributed by atoms with Crippen molar-refractivity contribution in [2.45, 2.75) is 26.3 Å². The highest BCUT2D eigenvalue weighted by Crippen LogP contribution is 2.20. The van der Waals surface area contributed by atoms with E-state index in [9.17, 15) is 9.59 Å². The number of benzene rings is 2. The highest BCUT2D eigenvalue weighted by molar-refractivity contribution is 9.10. The van der Waals surface area contributed by atoms with E-state index in [4.69, 9.17) is 4.74 Å². The van der Waals surface area contributed by atoms with Crippen molar-refractivity contribution in [3.63, 3.8) is 0 Å². The molecule has 0 bridgehead atoms. The van der Waals surface area contributed by atoms with Gasteiger partial charge >= 0.3 is 0 Å². The van der Waals surface area contributed by atoms with Crippen LogP contribution in [0.15, 0.2) is 69.9 Å². The molecule has 1 amide bonds. The predicted octanol–water partition coefficient (Wildman–Crippen LogP) is 4.49. The van der Waals surface area contributed by atoms with E-state index in [0.717, 1.165) is 21.5 Å². The van der Waals surface area contributed by atoms with Crippen molar-refractivity contribution in [3.05, 3.63) is 75.5 Å². The Kier molecular flexibility index (Phi) is 7.19. The van der Waals surface area contributed by atoms with Crippen molar-refractivity contribution in [2.75, 3.05) is 11.9 Å². The van der Waals surface area contributed by atoms with Gasteiger partial charge in [-0.3, -0.25) is 9.59 Å². The van der Waals surface area contributed by atoms with E-state index in [1.807, 2.05) is 55.5 Å². The number of nitrogens with zero attached hydrogens (tertiary/aromatic N) is 2. The second kappa shape index (κ2) is 10.0. The fourth-order valence-corrected chi connectivity index (χ4v) is 3.06. The van der Waals surface area contributed by atoms with Crippen molar-refractivity contribution < 1.29 is 9.53 Å². The molecule has 0 radical (unpaired) electrons. The highest BCUT2D eigenvalue weighted by Gasteiger charge is 2.07. The van der Waals surface area contributed by atoms with Gasteiger partial charge in [0.05, 0.1) is 12.3 Å². The molecule has 0 aliphatic carbocycles. The van der Waals surface area contributed by atoms with E-state index in [2.05, 4.69) is 26.3 Å². The molecule has 0 saturated heterocycles. The van der Waals surface area contributed by atoms with Crippen molar-refractivity contribution in [1.29, 1.82) is 0 Å². The summed E-state index contributed by atoms with van der Waals surface area (Å²) in [7, 11) is 0. The number of hydrogen-bond acceptors (Lipinski definition) is 4. The Morgan fingerprint density at radius 1 is 1.07 bits per heavy atom. The third-order valence-electron chi connectivity index (χ3n) is 4.23. The zero-order valence-electron chi connectivity index (χ0n) is 16.1. The summed E-state index contributed by atoms with van der Waals surface area (Å²) in [6.45, 7) is 2.92. The fraction of sp³-hybridized carbons (Fsp3) is 0.227. The summed E-state index contributed by atoms with van der Waals surface area (Å²) in [6, 6.07) is 18.2. The molecule has 3 aromatic rings. The fourth-order valence-electron chi connectivity index (χ4n) is 2.80. The minimum Gasteiger partial charge on any atom is -0.494 e. The molecule has 3 rings (SSSR count). The summed E-state index contributed by atoms with van der Waals surface area (Å²) in [4.78, 5) is 24.2. The molecule has 2 aromatic carbocycles. The van der Waals surface area contributed by atoms with Crippen LogP contribution in [0.3, 0.4) is 0 Å². The molecule has 1 heterocycles. The minimum absolute atomic E-state index is 0.0944. The van der Waals surface area contributed by atoms with Crippen LogP contribution in [0.1, 0.15) is 19.8 Å². The lowest BCUT2D eigenvalue weighted by molar-refractivity contribution is -0.116. The number of halogens is 1. The van der Waals surface area contributed by atoms with Gasteiger partial charge in [0.15, 0.2) is 0 Å². The van der Waals surface area contributed by atoms with Crippen LogP contribution in [-0.4, -0.2) is 22.3 Å². The normalized spacial score (nSPS) is 10.6. The summed E-state index contributed by atoms with van der Waals surface area (Å²) in [6.07, 6.45) is 0.819. The maximum Gasteiger partial charge on any atom is 0.266 e. The first-order valence-corrected chi connectivity index (χ1v) is 10.2. The van der Waals surface area contributed by atoms with Crippen LogP contribution in [0, 0.1) is 0 Å². The van der Waals surface area contributed by atoms with Crippen molar-refractivity contribution >= 4 is 27.5 Å². The van der Waals surface area contributed by atoms with Gasteiger partial charge in [-0.1, -0.05) is 15.9 Å². The first kappa shape index (κ1) is 20.8. The van der Waals surface area contributed by atoms with Crippen LogP contribution >= 0.6 is 15.9 Å². The zero-order chi connectivity index (χ0) is 20.6. The molecule has 29 heavy (non-hydrogen) atoms. The number of amides is 1. The van der Waals surface area contributed by atoms with E-state index in [1.54, 1.807) is 6.07 Å². The molecular formula is C22H22BrN3O3. The number of aryl methyl sites for hydroxylation is 1. The van der Waals surface area contributed by atoms with Crippen LogP contribution < -0.4 is 15.6 Å². The molecule has 0 aliphatic rings. The number of hydrogen-bond donors (Lipinski definition) is 1. The number of carbonyl (C=O) groups is 1. The zero-order valence-corrected chi connectivity index (χ0v) is 17.7. The smallest absolute Gasteiger partial charge is 0.266 e. The molecule has 1 N–H and O–H groups in total. The Labute approximate surface area is 177 Å². The van der Waals surface area contributed by atoms with Gasteiger partial charge in [0.25, 0.3) is 5.56 Å². The summed E-state index contributed by atoms with van der Waals surface area (Å²) >= 11 is 3.36. The predicted molar refractivity (Wildman–Crippen MR) is 117 cm³/mol. The van der Waals surface area contributed by atoms with Gasteiger partial charge in [-0.2, -0.15) is 5.10 Å². The summed E-state index contributed by atoms with van der Waals surface area (Å²) in [5.74, 6) is 0.699. The third kappa shape index (κ3) is 6.02. The monoisotopic (exact) mass is 455 g/mol. The Bertz CT molecular complexity index is 1010. The standard InChI is InChI=1S/C22H22BrN3O3/c1-2-29-19-11-5-16(6-12-19)20-13-14-22(28)26(25-20)15-3-4-21(27)24-18-9-7-17(23)8-10-18/h5-14H,2-4,15H2,1H3,(H,24,27). The summed E-state index contributed by atoms with van der Waals surface area (Å²) < 4.78 is 7.80. The molecule has 6 nitrogen and oxygen atoms in total. The average Bonchev–Trinajstić information content (AvgIpc) is 2.72. The number of rotatable bonds is 8. The lowest BCUT2D eigenvalue weighted by Gasteiger charge is -2.09. The molecule has 0 spiro atoms. The van der Waals surface area contributed by atoms with Gasteiger partial charge < -0.3 is 10.1 Å². The average molecular weight is 456 g/mol. The maximum atomic E-state index is 12.1. The van der Waals surface area contributed by atoms with Crippen LogP contribution in [0.5, 0.6) is 5.75 Å². The molecule has 0 saturated carbocycles. The largest absolute Gasteiger partial charge is 0.494 e. The number of nitrogens with one attached hydrogen (secondary N) is 1. The molecule has 0 atom stereocenters. The Balaban J connectivity index is 1.59. The topological polar surface area (TPSA) is 73.2 Å². The molecule has 7 heteroatoms. The highest BCUT2D eigenvalue weighted by atomic mass is 79.9. The maximum absolute atomic E-state index is 12.1. The van der Waals surface area contributed by atoms with Gasteiger partial charge in [-0.25, -0.2) is 4.68 Å². The minimum atomic E-state index is -0.187. The Morgan fingerprint density at radius 2 is 1.79 bits per heavy atom. The van der Waals surface area contributed by atoms with Crippen molar-refractivity contribution in [2.24, 2.45) is 0 Å². The van der Waals surface area contributed by atoms with Gasteiger partial charge in [0, 0.05) is 34.8 Å². The van der Waals surface area contributed by atoms with Crippen molar-refractivity contribution in [1.82, 2.24) is 9.78 Å². The second-order valence-electron chi connectivity index (χ2n) is 6.40. The van der Waals surface area contributed by atoms with Crippen LogP contribution in [0.2, 0.25) is 0 Å². The van der Waals surface area contributed by atoms with Crippen LogP contribution in [0.25, 0.3) is 11.3 Å². The lowest BCUT2D eigenvalue weighted by Crippen LogP contribution is -2.23. The molecule has 150 valence electrons. The van der Waals surface area contributed by atoms with Gasteiger partial charge in [-0.05, 0) is 67.9 Å². The van der Waals surface area contributed by atoms with Crippen LogP contribution in [-0.2, 0) is 11.3 Å². The van der Waals surface area contributed by atoms with E-state index in [0.29, 0.717) is 31.7 Å². The molecule has 0 unspecified atom stereocenters. The van der Waals surface area contributed by atoms with E-state index in [-0.39, 0.29) is 11.5 Å². The summed E-state index contributed by atoms with van der Waals surface area (Å²) in [5.41, 5.74) is 2.15. The van der Waals surface area contributed by atoms with Gasteiger partial charge in [0.2, 0.25) is 5.91 Å². The van der Waals surface area contributed by atoms with Crippen molar-refractivity contribution in [3.8, 4) is 17.0 Å². The Morgan fingerprint density at radius 3 is 2.48 bits per heavy atom. The molecule has 1 aromatic heterocycles. The third-order valence-corrected chi connectivity index (χ3v) is 4.76. The number of ether oxygens (including phenoxy) is 1. The molecule has 0 aliphatic heterocycles. The van der Waals surface area contributed by atoms with Crippen LogP contribution in [0.4, 0.5) is 5.69 Å². The molecule has 0 fully saturated rings. The molecular weight excluding hydrogens is 434 g/mol. The van der Waals surface area contributed by atoms with Gasteiger partial charge in [0.1, 0.15) is 5.75 Å². The van der Waals surface area contributed by atoms with E-state index in [1.165, 1.54) is 10.7 Å². The number of carbonyl (C=O) groups excluding carboxylic acids is 1. The first-order valence-electron chi connectivity index (χ1n) is 9.42. The quantitative estimate of drug-likeness (QED) is 0.542. The van der Waals surface area contributed by atoms with E-state index < -0.39 is 0 Å². The Hall–Kier alpha value is -2.93. The van der Waals surface area contributed by atoms with Gasteiger partial charge in [-0.15, -0.1) is 0 Å². The number of aromatic nitrogens is 2. The first-order chi connectivity index (χ1) is 14.0.